The van der Waals surface area contributed by atoms with Gasteiger partial charge in [0.2, 0.25) is 5.95 Å². The van der Waals surface area contributed by atoms with E-state index >= 15 is 0 Å². The molecule has 3 aromatic carbocycles. The smallest absolute Gasteiger partial charge is 0.255 e. The van der Waals surface area contributed by atoms with Crippen LogP contribution >= 0.6 is 0 Å². The van der Waals surface area contributed by atoms with E-state index in [1.165, 1.54) is 0 Å². The maximum atomic E-state index is 13.5. The number of allylic oxidation sites excluding steroid dienone is 1. The highest BCUT2D eigenvalue weighted by molar-refractivity contribution is 6.06. The Kier molecular flexibility index (Phi) is 4.36. The van der Waals surface area contributed by atoms with Crippen LogP contribution in [0.3, 0.4) is 0 Å². The van der Waals surface area contributed by atoms with Crippen LogP contribution in [0.15, 0.2) is 90.1 Å². The maximum absolute atomic E-state index is 13.5. The second-order valence-corrected chi connectivity index (χ2v) is 7.54. The first kappa shape index (κ1) is 18.2. The van der Waals surface area contributed by atoms with Crippen molar-refractivity contribution in [1.82, 2.24) is 9.55 Å². The number of para-hydroxylation sites is 3. The largest absolute Gasteiger partial charge is 0.329 e. The van der Waals surface area contributed by atoms with Crippen molar-refractivity contribution in [3.05, 3.63) is 101 Å². The Morgan fingerprint density at radius 3 is 2.43 bits per heavy atom. The van der Waals surface area contributed by atoms with Crippen LogP contribution in [0.2, 0.25) is 0 Å². The molecule has 30 heavy (non-hydrogen) atoms. The minimum atomic E-state index is -0.279. The molecule has 1 aliphatic heterocycles. The molecule has 0 saturated carbocycles. The molecule has 0 radical (unpaired) electrons. The van der Waals surface area contributed by atoms with Gasteiger partial charge in [0.25, 0.3) is 5.91 Å². The Morgan fingerprint density at radius 1 is 0.933 bits per heavy atom. The van der Waals surface area contributed by atoms with E-state index < -0.39 is 0 Å². The summed E-state index contributed by atoms with van der Waals surface area (Å²) >= 11 is 0. The van der Waals surface area contributed by atoms with Crippen molar-refractivity contribution in [3.63, 3.8) is 0 Å². The van der Waals surface area contributed by atoms with Crippen LogP contribution in [-0.4, -0.2) is 15.5 Å². The van der Waals surface area contributed by atoms with Gasteiger partial charge in [-0.1, -0.05) is 60.7 Å². The molecule has 0 bridgehead atoms. The van der Waals surface area contributed by atoms with Crippen molar-refractivity contribution >= 4 is 28.6 Å². The molecule has 5 rings (SSSR count). The first-order valence-corrected chi connectivity index (χ1v) is 10.00. The Morgan fingerprint density at radius 2 is 1.63 bits per heavy atom. The van der Waals surface area contributed by atoms with E-state index in [9.17, 15) is 4.79 Å². The van der Waals surface area contributed by atoms with E-state index in [1.54, 1.807) is 0 Å². The molecular weight excluding hydrogens is 372 g/mol. The van der Waals surface area contributed by atoms with E-state index in [-0.39, 0.29) is 11.9 Å². The fraction of sp³-hybridized carbons (Fsp3) is 0.120. The summed E-state index contributed by atoms with van der Waals surface area (Å²) in [7, 11) is 0. The molecule has 5 heteroatoms. The molecule has 0 spiro atoms. The van der Waals surface area contributed by atoms with Crippen LogP contribution in [0.25, 0.3) is 11.0 Å². The number of carbonyl (C=O) groups excluding carboxylic acids is 1. The molecule has 0 fully saturated rings. The molecule has 1 aromatic heterocycles. The van der Waals surface area contributed by atoms with Gasteiger partial charge in [-0.15, -0.1) is 0 Å². The highest BCUT2D eigenvalue weighted by atomic mass is 16.1. The molecule has 1 atom stereocenters. The molecule has 148 valence electrons. The van der Waals surface area contributed by atoms with Gasteiger partial charge in [0.1, 0.15) is 0 Å². The van der Waals surface area contributed by atoms with Gasteiger partial charge in [-0.2, -0.15) is 0 Å². The molecule has 1 aliphatic rings. The zero-order chi connectivity index (χ0) is 20.7. The summed E-state index contributed by atoms with van der Waals surface area (Å²) < 4.78 is 2.12. The van der Waals surface area contributed by atoms with E-state index in [2.05, 4.69) is 27.3 Å². The Labute approximate surface area is 175 Å². The summed E-state index contributed by atoms with van der Waals surface area (Å²) in [5.41, 5.74) is 6.25. The number of hydrogen-bond acceptors (Lipinski definition) is 3. The standard InChI is InChI=1S/C25H22N4O/c1-16-10-6-7-13-19(16)27-24(30)22-17(2)26-25-28-20-14-8-9-15-21(20)29(25)23(22)18-11-4-3-5-12-18/h3-15,23H,1-2H3,(H,26,28)(H,27,30)/t23-/m1/s1. The fourth-order valence-corrected chi connectivity index (χ4v) is 4.11. The van der Waals surface area contributed by atoms with Crippen LogP contribution in [0.1, 0.15) is 24.1 Å². The number of benzene rings is 3. The second kappa shape index (κ2) is 7.19. The van der Waals surface area contributed by atoms with Crippen LogP contribution < -0.4 is 10.6 Å². The topological polar surface area (TPSA) is 59.0 Å². The van der Waals surface area contributed by atoms with Crippen molar-refractivity contribution in [2.45, 2.75) is 19.9 Å². The number of hydrogen-bond donors (Lipinski definition) is 2. The number of fused-ring (bicyclic) bond motifs is 3. The number of nitrogens with zero attached hydrogens (tertiary/aromatic N) is 2. The summed E-state index contributed by atoms with van der Waals surface area (Å²) in [4.78, 5) is 18.3. The van der Waals surface area contributed by atoms with Crippen LogP contribution in [0, 0.1) is 6.92 Å². The molecule has 2 N–H and O–H groups in total. The average Bonchev–Trinajstić information content (AvgIpc) is 3.12. The lowest BCUT2D eigenvalue weighted by atomic mass is 9.94. The van der Waals surface area contributed by atoms with Gasteiger partial charge in [-0.3, -0.25) is 9.36 Å². The lowest BCUT2D eigenvalue weighted by Gasteiger charge is -2.30. The Bertz CT molecular complexity index is 1290. The van der Waals surface area contributed by atoms with Crippen LogP contribution in [0.5, 0.6) is 0 Å². The normalized spacial score (nSPS) is 15.6. The second-order valence-electron chi connectivity index (χ2n) is 7.54. The summed E-state index contributed by atoms with van der Waals surface area (Å²) in [5.74, 6) is 0.626. The monoisotopic (exact) mass is 394 g/mol. The lowest BCUT2D eigenvalue weighted by molar-refractivity contribution is -0.113. The van der Waals surface area contributed by atoms with E-state index in [0.29, 0.717) is 5.57 Å². The van der Waals surface area contributed by atoms with Gasteiger partial charge in [0.05, 0.1) is 22.6 Å². The summed E-state index contributed by atoms with van der Waals surface area (Å²) in [6, 6.07) is 25.7. The highest BCUT2D eigenvalue weighted by Gasteiger charge is 2.34. The Hall–Kier alpha value is -3.86. The number of amides is 1. The first-order valence-electron chi connectivity index (χ1n) is 10.00. The predicted octanol–water partition coefficient (Wildman–Crippen LogP) is 5.27. The average molecular weight is 394 g/mol. The van der Waals surface area contributed by atoms with Crippen molar-refractivity contribution in [2.24, 2.45) is 0 Å². The fourth-order valence-electron chi connectivity index (χ4n) is 4.11. The van der Waals surface area contributed by atoms with Crippen molar-refractivity contribution in [3.8, 4) is 0 Å². The molecule has 0 unspecified atom stereocenters. The minimum absolute atomic E-state index is 0.119. The Balaban J connectivity index is 1.67. The minimum Gasteiger partial charge on any atom is -0.329 e. The quantitative estimate of drug-likeness (QED) is 0.497. The lowest BCUT2D eigenvalue weighted by Crippen LogP contribution is -2.31. The zero-order valence-corrected chi connectivity index (χ0v) is 16.9. The van der Waals surface area contributed by atoms with Gasteiger partial charge in [0.15, 0.2) is 0 Å². The third-order valence-electron chi connectivity index (χ3n) is 5.58. The number of nitrogens with one attached hydrogen (secondary N) is 2. The molecule has 4 aromatic rings. The number of rotatable bonds is 3. The molecular formula is C25H22N4O. The number of anilines is 2. The van der Waals surface area contributed by atoms with Crippen LogP contribution in [-0.2, 0) is 4.79 Å². The molecule has 5 nitrogen and oxygen atoms in total. The SMILES string of the molecule is CC1=C(C(=O)Nc2ccccc2C)[C@@H](c2ccccc2)n2c(nc3ccccc32)N1. The molecule has 0 saturated heterocycles. The zero-order valence-electron chi connectivity index (χ0n) is 16.9. The van der Waals surface area contributed by atoms with Crippen molar-refractivity contribution in [1.29, 1.82) is 0 Å². The van der Waals surface area contributed by atoms with E-state index in [1.807, 2.05) is 80.6 Å². The molecule has 1 amide bonds. The van der Waals surface area contributed by atoms with Gasteiger partial charge < -0.3 is 10.6 Å². The number of aryl methyl sites for hydroxylation is 1. The summed E-state index contributed by atoms with van der Waals surface area (Å²) in [6.07, 6.45) is 0. The third-order valence-corrected chi connectivity index (χ3v) is 5.58. The number of imidazole rings is 1. The van der Waals surface area contributed by atoms with Gasteiger partial charge >= 0.3 is 0 Å². The summed E-state index contributed by atoms with van der Waals surface area (Å²) in [6.45, 7) is 3.93. The van der Waals surface area contributed by atoms with E-state index in [4.69, 9.17) is 4.98 Å². The first-order chi connectivity index (χ1) is 14.6. The van der Waals surface area contributed by atoms with Crippen molar-refractivity contribution in [2.75, 3.05) is 10.6 Å². The highest BCUT2D eigenvalue weighted by Crippen LogP contribution is 2.39. The number of aromatic nitrogens is 2. The third kappa shape index (κ3) is 2.95. The van der Waals surface area contributed by atoms with Gasteiger partial charge in [0, 0.05) is 11.4 Å². The van der Waals surface area contributed by atoms with Gasteiger partial charge in [-0.05, 0) is 43.2 Å². The molecule has 0 aliphatic carbocycles. The van der Waals surface area contributed by atoms with Crippen LogP contribution in [0.4, 0.5) is 11.6 Å². The van der Waals surface area contributed by atoms with Gasteiger partial charge in [-0.25, -0.2) is 4.98 Å². The number of carbonyl (C=O) groups is 1. The predicted molar refractivity (Wildman–Crippen MR) is 120 cm³/mol. The van der Waals surface area contributed by atoms with Crippen molar-refractivity contribution < 1.29 is 4.79 Å². The van der Waals surface area contributed by atoms with E-state index in [0.717, 1.165) is 39.5 Å². The summed E-state index contributed by atoms with van der Waals surface area (Å²) in [5, 5.41) is 6.46. The molecule has 2 heterocycles. The maximum Gasteiger partial charge on any atom is 0.255 e.